The molecule has 0 radical (unpaired) electrons. The molecule has 1 saturated heterocycles. The molecule has 0 aromatic carbocycles. The first-order valence-electron chi connectivity index (χ1n) is 9.86. The van der Waals surface area contributed by atoms with E-state index < -0.39 is 30.7 Å². The van der Waals surface area contributed by atoms with E-state index in [-0.39, 0.29) is 0 Å². The van der Waals surface area contributed by atoms with Crippen LogP contribution in [0.5, 0.6) is 0 Å². The Labute approximate surface area is 153 Å². The average molecular weight is 363 g/mol. The Kier molecular flexibility index (Phi) is 12.7. The quantitative estimate of drug-likeness (QED) is 0.479. The van der Waals surface area contributed by atoms with Gasteiger partial charge in [0.25, 0.3) is 0 Å². The van der Waals surface area contributed by atoms with E-state index in [1.165, 1.54) is 0 Å². The molecule has 5 unspecified atom stereocenters. The number of methoxy groups -OCH3 is 1. The summed E-state index contributed by atoms with van der Waals surface area (Å²) in [6, 6.07) is 0. The molecule has 0 aromatic rings. The standard InChI is InChI=1S/C19H38O6/c1-5-8-11-22-14-15-16(20)17(23-12-9-6-2)18(19(21-4)25-15)24-13-10-7-3/h15-20H,5-14H2,1-4H3. The van der Waals surface area contributed by atoms with E-state index in [4.69, 9.17) is 23.7 Å². The smallest absolute Gasteiger partial charge is 0.186 e. The van der Waals surface area contributed by atoms with Crippen molar-refractivity contribution >= 4 is 0 Å². The third-order valence-corrected chi connectivity index (χ3v) is 4.39. The molecule has 25 heavy (non-hydrogen) atoms. The molecule has 6 heteroatoms. The van der Waals surface area contributed by atoms with Gasteiger partial charge in [0, 0.05) is 26.9 Å². The van der Waals surface area contributed by atoms with Crippen LogP contribution in [-0.2, 0) is 23.7 Å². The van der Waals surface area contributed by atoms with Crippen molar-refractivity contribution < 1.29 is 28.8 Å². The summed E-state index contributed by atoms with van der Waals surface area (Å²) in [7, 11) is 1.59. The number of unbranched alkanes of at least 4 members (excludes halogenated alkanes) is 3. The number of hydrogen-bond donors (Lipinski definition) is 1. The Balaban J connectivity index is 2.70. The zero-order chi connectivity index (χ0) is 18.5. The Morgan fingerprint density at radius 2 is 1.40 bits per heavy atom. The lowest BCUT2D eigenvalue weighted by atomic mass is 9.98. The van der Waals surface area contributed by atoms with Crippen LogP contribution in [0.3, 0.4) is 0 Å². The van der Waals surface area contributed by atoms with Crippen LogP contribution in [0.25, 0.3) is 0 Å². The maximum absolute atomic E-state index is 10.8. The van der Waals surface area contributed by atoms with Gasteiger partial charge in [0.15, 0.2) is 6.29 Å². The van der Waals surface area contributed by atoms with E-state index >= 15 is 0 Å². The minimum Gasteiger partial charge on any atom is -0.387 e. The molecule has 1 heterocycles. The lowest BCUT2D eigenvalue weighted by Gasteiger charge is -2.43. The van der Waals surface area contributed by atoms with Crippen molar-refractivity contribution in [1.29, 1.82) is 0 Å². The van der Waals surface area contributed by atoms with Gasteiger partial charge in [-0.1, -0.05) is 40.0 Å². The molecule has 150 valence electrons. The Bertz CT molecular complexity index is 314. The van der Waals surface area contributed by atoms with Crippen LogP contribution in [0.4, 0.5) is 0 Å². The first kappa shape index (κ1) is 22.8. The zero-order valence-electron chi connectivity index (χ0n) is 16.4. The molecule has 0 amide bonds. The van der Waals surface area contributed by atoms with Gasteiger partial charge in [-0.3, -0.25) is 0 Å². The number of ether oxygens (including phenoxy) is 5. The number of rotatable bonds is 14. The van der Waals surface area contributed by atoms with Crippen LogP contribution in [0.2, 0.25) is 0 Å². The van der Waals surface area contributed by atoms with E-state index in [9.17, 15) is 5.11 Å². The molecule has 6 nitrogen and oxygen atoms in total. The highest BCUT2D eigenvalue weighted by Crippen LogP contribution is 2.27. The van der Waals surface area contributed by atoms with Gasteiger partial charge in [-0.05, 0) is 19.3 Å². The first-order chi connectivity index (χ1) is 12.2. The molecular weight excluding hydrogens is 324 g/mol. The van der Waals surface area contributed by atoms with Gasteiger partial charge in [-0.25, -0.2) is 0 Å². The van der Waals surface area contributed by atoms with Crippen molar-refractivity contribution in [2.24, 2.45) is 0 Å². The topological polar surface area (TPSA) is 66.4 Å². The van der Waals surface area contributed by atoms with Crippen LogP contribution < -0.4 is 0 Å². The lowest BCUT2D eigenvalue weighted by Crippen LogP contribution is -2.61. The molecule has 5 atom stereocenters. The second-order valence-electron chi connectivity index (χ2n) is 6.58. The highest BCUT2D eigenvalue weighted by atomic mass is 16.7. The van der Waals surface area contributed by atoms with Crippen LogP contribution in [0, 0.1) is 0 Å². The lowest BCUT2D eigenvalue weighted by molar-refractivity contribution is -0.312. The minimum absolute atomic E-state index is 0.330. The van der Waals surface area contributed by atoms with E-state index in [1.54, 1.807) is 7.11 Å². The summed E-state index contributed by atoms with van der Waals surface area (Å²) in [5.74, 6) is 0. The maximum Gasteiger partial charge on any atom is 0.186 e. The zero-order valence-corrected chi connectivity index (χ0v) is 16.4. The summed E-state index contributed by atoms with van der Waals surface area (Å²) < 4.78 is 29.0. The molecule has 0 aliphatic carbocycles. The van der Waals surface area contributed by atoms with Crippen molar-refractivity contribution in [1.82, 2.24) is 0 Å². The molecule has 0 bridgehead atoms. The fraction of sp³-hybridized carbons (Fsp3) is 1.00. The molecule has 0 aromatic heterocycles. The third-order valence-electron chi connectivity index (χ3n) is 4.39. The van der Waals surface area contributed by atoms with Gasteiger partial charge in [0.2, 0.25) is 0 Å². The van der Waals surface area contributed by atoms with Crippen molar-refractivity contribution in [3.8, 4) is 0 Å². The van der Waals surface area contributed by atoms with Crippen molar-refractivity contribution in [3.63, 3.8) is 0 Å². The number of hydrogen-bond acceptors (Lipinski definition) is 6. The van der Waals surface area contributed by atoms with Crippen molar-refractivity contribution in [3.05, 3.63) is 0 Å². The van der Waals surface area contributed by atoms with Gasteiger partial charge in [0.1, 0.15) is 24.4 Å². The molecule has 1 aliphatic rings. The number of aliphatic hydroxyl groups excluding tert-OH is 1. The molecule has 1 aliphatic heterocycles. The Hall–Kier alpha value is -0.240. The minimum atomic E-state index is -0.795. The summed E-state index contributed by atoms with van der Waals surface area (Å²) in [6.07, 6.45) is 3.32. The van der Waals surface area contributed by atoms with Crippen LogP contribution in [-0.4, -0.2) is 69.3 Å². The average Bonchev–Trinajstić information content (AvgIpc) is 2.62. The second kappa shape index (κ2) is 13.9. The van der Waals surface area contributed by atoms with Gasteiger partial charge < -0.3 is 28.8 Å². The fourth-order valence-electron chi connectivity index (χ4n) is 2.76. The maximum atomic E-state index is 10.8. The monoisotopic (exact) mass is 362 g/mol. The van der Waals surface area contributed by atoms with Crippen LogP contribution in [0.15, 0.2) is 0 Å². The molecule has 0 saturated carbocycles. The second-order valence-corrected chi connectivity index (χ2v) is 6.58. The predicted molar refractivity (Wildman–Crippen MR) is 96.7 cm³/mol. The van der Waals surface area contributed by atoms with Gasteiger partial charge in [-0.15, -0.1) is 0 Å². The normalized spacial score (nSPS) is 29.9. The number of aliphatic hydroxyl groups is 1. The highest BCUT2D eigenvalue weighted by molar-refractivity contribution is 4.91. The SMILES string of the molecule is CCCCOCC1OC(OC)C(OCCCC)C(OCCCC)C1O. The van der Waals surface area contributed by atoms with E-state index in [0.717, 1.165) is 38.5 Å². The highest BCUT2D eigenvalue weighted by Gasteiger charge is 2.47. The first-order valence-corrected chi connectivity index (χ1v) is 9.86. The van der Waals surface area contributed by atoms with Gasteiger partial charge in [0.05, 0.1) is 6.61 Å². The predicted octanol–water partition coefficient (Wildman–Crippen LogP) is 2.91. The van der Waals surface area contributed by atoms with E-state index in [2.05, 4.69) is 20.8 Å². The van der Waals surface area contributed by atoms with Crippen LogP contribution in [0.1, 0.15) is 59.3 Å². The fourth-order valence-corrected chi connectivity index (χ4v) is 2.76. The van der Waals surface area contributed by atoms with Gasteiger partial charge >= 0.3 is 0 Å². The Morgan fingerprint density at radius 1 is 0.840 bits per heavy atom. The summed E-state index contributed by atoms with van der Waals surface area (Å²) in [5.41, 5.74) is 0. The largest absolute Gasteiger partial charge is 0.387 e. The molecular formula is C19H38O6. The molecule has 0 spiro atoms. The van der Waals surface area contributed by atoms with Crippen LogP contribution >= 0.6 is 0 Å². The molecule has 1 rings (SSSR count). The Morgan fingerprint density at radius 3 is 1.96 bits per heavy atom. The summed E-state index contributed by atoms with van der Waals surface area (Å²) in [6.45, 7) is 8.53. The molecule has 1 N–H and O–H groups in total. The van der Waals surface area contributed by atoms with Gasteiger partial charge in [-0.2, -0.15) is 0 Å². The van der Waals surface area contributed by atoms with Crippen molar-refractivity contribution in [2.45, 2.75) is 90.0 Å². The summed E-state index contributed by atoms with van der Waals surface area (Å²) >= 11 is 0. The third kappa shape index (κ3) is 7.89. The van der Waals surface area contributed by atoms with Crippen molar-refractivity contribution in [2.75, 3.05) is 33.5 Å². The summed E-state index contributed by atoms with van der Waals surface area (Å²) in [4.78, 5) is 0. The van der Waals surface area contributed by atoms with E-state index in [1.807, 2.05) is 0 Å². The summed E-state index contributed by atoms with van der Waals surface area (Å²) in [5, 5.41) is 10.8. The van der Waals surface area contributed by atoms with E-state index in [0.29, 0.717) is 26.4 Å². The molecule has 1 fully saturated rings.